The standard InChI is InChI=1S/C16H23N3OS/c17-14-4-1-3-13(11-14)12-19-6-2-5-15(19)16(20)18-7-9-21-10-8-18/h1,3-4,11,15H,2,5-10,12,17H2. The number of hydrogen-bond acceptors (Lipinski definition) is 4. The molecule has 2 heterocycles. The maximum atomic E-state index is 12.7. The third-order valence-electron chi connectivity index (χ3n) is 4.31. The Morgan fingerprint density at radius 2 is 2.10 bits per heavy atom. The van der Waals surface area contributed by atoms with Crippen LogP contribution < -0.4 is 5.73 Å². The van der Waals surface area contributed by atoms with Crippen LogP contribution in [0.25, 0.3) is 0 Å². The van der Waals surface area contributed by atoms with E-state index >= 15 is 0 Å². The summed E-state index contributed by atoms with van der Waals surface area (Å²) in [7, 11) is 0. The zero-order valence-electron chi connectivity index (χ0n) is 12.3. The van der Waals surface area contributed by atoms with Gasteiger partial charge < -0.3 is 10.6 Å². The first-order valence-corrected chi connectivity index (χ1v) is 8.84. The van der Waals surface area contributed by atoms with E-state index in [1.807, 2.05) is 30.0 Å². The molecule has 3 rings (SSSR count). The Labute approximate surface area is 130 Å². The van der Waals surface area contributed by atoms with Crippen LogP contribution in [0.5, 0.6) is 0 Å². The van der Waals surface area contributed by atoms with Crippen LogP contribution in [-0.2, 0) is 11.3 Å². The van der Waals surface area contributed by atoms with Crippen molar-refractivity contribution in [3.8, 4) is 0 Å². The van der Waals surface area contributed by atoms with Gasteiger partial charge in [0.1, 0.15) is 0 Å². The Morgan fingerprint density at radius 1 is 1.29 bits per heavy atom. The van der Waals surface area contributed by atoms with Crippen LogP contribution in [-0.4, -0.2) is 52.9 Å². The highest BCUT2D eigenvalue weighted by Gasteiger charge is 2.33. The van der Waals surface area contributed by atoms with Gasteiger partial charge in [-0.3, -0.25) is 9.69 Å². The molecule has 1 atom stereocenters. The zero-order valence-corrected chi connectivity index (χ0v) is 13.1. The lowest BCUT2D eigenvalue weighted by Crippen LogP contribution is -2.48. The summed E-state index contributed by atoms with van der Waals surface area (Å²) < 4.78 is 0. The van der Waals surface area contributed by atoms with Gasteiger partial charge in [0, 0.05) is 36.8 Å². The molecule has 2 saturated heterocycles. The van der Waals surface area contributed by atoms with Crippen molar-refractivity contribution in [2.75, 3.05) is 36.9 Å². The molecule has 114 valence electrons. The molecule has 2 fully saturated rings. The van der Waals surface area contributed by atoms with Crippen molar-refractivity contribution in [3.63, 3.8) is 0 Å². The molecule has 5 heteroatoms. The second-order valence-corrected chi connectivity index (χ2v) is 7.04. The minimum absolute atomic E-state index is 0.0644. The zero-order chi connectivity index (χ0) is 14.7. The smallest absolute Gasteiger partial charge is 0.239 e. The molecule has 1 aromatic rings. The maximum absolute atomic E-state index is 12.7. The Balaban J connectivity index is 1.66. The lowest BCUT2D eigenvalue weighted by Gasteiger charge is -2.32. The Morgan fingerprint density at radius 3 is 2.86 bits per heavy atom. The van der Waals surface area contributed by atoms with Crippen LogP contribution in [0.2, 0.25) is 0 Å². The molecule has 2 aliphatic heterocycles. The minimum atomic E-state index is 0.0644. The van der Waals surface area contributed by atoms with E-state index in [-0.39, 0.29) is 6.04 Å². The SMILES string of the molecule is Nc1cccc(CN2CCCC2C(=O)N2CCSCC2)c1. The van der Waals surface area contributed by atoms with Gasteiger partial charge in [0.2, 0.25) is 5.91 Å². The molecule has 2 N–H and O–H groups in total. The molecule has 0 aromatic heterocycles. The molecule has 0 aliphatic carbocycles. The molecule has 1 amide bonds. The summed E-state index contributed by atoms with van der Waals surface area (Å²) in [6.45, 7) is 3.65. The second-order valence-electron chi connectivity index (χ2n) is 5.81. The van der Waals surface area contributed by atoms with Crippen molar-refractivity contribution in [2.45, 2.75) is 25.4 Å². The molecular formula is C16H23N3OS. The van der Waals surface area contributed by atoms with Gasteiger partial charge in [0.05, 0.1) is 6.04 Å². The fraction of sp³-hybridized carbons (Fsp3) is 0.562. The number of rotatable bonds is 3. The fourth-order valence-electron chi connectivity index (χ4n) is 3.22. The first-order valence-electron chi connectivity index (χ1n) is 7.69. The summed E-state index contributed by atoms with van der Waals surface area (Å²) >= 11 is 1.94. The van der Waals surface area contributed by atoms with Crippen molar-refractivity contribution >= 4 is 23.4 Å². The van der Waals surface area contributed by atoms with Crippen molar-refractivity contribution in [1.29, 1.82) is 0 Å². The topological polar surface area (TPSA) is 49.6 Å². The van der Waals surface area contributed by atoms with E-state index in [0.717, 1.165) is 56.2 Å². The average Bonchev–Trinajstić information content (AvgIpc) is 2.95. The summed E-state index contributed by atoms with van der Waals surface area (Å²) in [5, 5.41) is 0. The van der Waals surface area contributed by atoms with E-state index in [2.05, 4.69) is 15.9 Å². The van der Waals surface area contributed by atoms with Gasteiger partial charge in [-0.15, -0.1) is 0 Å². The average molecular weight is 305 g/mol. The molecule has 0 bridgehead atoms. The number of amides is 1. The van der Waals surface area contributed by atoms with Gasteiger partial charge in [-0.05, 0) is 37.1 Å². The molecular weight excluding hydrogens is 282 g/mol. The van der Waals surface area contributed by atoms with Crippen LogP contribution in [0.15, 0.2) is 24.3 Å². The third-order valence-corrected chi connectivity index (χ3v) is 5.25. The first-order chi connectivity index (χ1) is 10.2. The van der Waals surface area contributed by atoms with Crippen LogP contribution in [0.4, 0.5) is 5.69 Å². The van der Waals surface area contributed by atoms with Gasteiger partial charge in [-0.1, -0.05) is 12.1 Å². The Kier molecular flexibility index (Phi) is 4.70. The summed E-state index contributed by atoms with van der Waals surface area (Å²) in [6.07, 6.45) is 2.10. The number of benzene rings is 1. The largest absolute Gasteiger partial charge is 0.399 e. The number of anilines is 1. The first kappa shape index (κ1) is 14.7. The minimum Gasteiger partial charge on any atom is -0.399 e. The number of thioether (sulfide) groups is 1. The van der Waals surface area contributed by atoms with Crippen LogP contribution in [0, 0.1) is 0 Å². The number of nitrogens with two attached hydrogens (primary N) is 1. The molecule has 1 aromatic carbocycles. The predicted molar refractivity (Wildman–Crippen MR) is 88.2 cm³/mol. The highest BCUT2D eigenvalue weighted by molar-refractivity contribution is 7.99. The molecule has 0 radical (unpaired) electrons. The number of likely N-dealkylation sites (tertiary alicyclic amines) is 1. The van der Waals surface area contributed by atoms with Gasteiger partial charge in [0.15, 0.2) is 0 Å². The summed E-state index contributed by atoms with van der Waals surface area (Å²) in [4.78, 5) is 17.1. The van der Waals surface area contributed by atoms with E-state index in [1.165, 1.54) is 5.56 Å². The van der Waals surface area contributed by atoms with Crippen LogP contribution in [0.3, 0.4) is 0 Å². The number of hydrogen-bond donors (Lipinski definition) is 1. The van der Waals surface area contributed by atoms with Gasteiger partial charge in [-0.25, -0.2) is 0 Å². The fourth-order valence-corrected chi connectivity index (χ4v) is 4.12. The van der Waals surface area contributed by atoms with Crippen molar-refractivity contribution < 1.29 is 4.79 Å². The molecule has 4 nitrogen and oxygen atoms in total. The third kappa shape index (κ3) is 3.52. The predicted octanol–water partition coefficient (Wildman–Crippen LogP) is 1.81. The molecule has 2 aliphatic rings. The number of nitrogen functional groups attached to an aromatic ring is 1. The van der Waals surface area contributed by atoms with E-state index in [1.54, 1.807) is 0 Å². The number of nitrogens with zero attached hydrogens (tertiary/aromatic N) is 2. The van der Waals surface area contributed by atoms with E-state index in [9.17, 15) is 4.79 Å². The number of carbonyl (C=O) groups is 1. The lowest BCUT2D eigenvalue weighted by atomic mass is 10.1. The second kappa shape index (κ2) is 6.71. The summed E-state index contributed by atoms with van der Waals surface area (Å²) in [5.41, 5.74) is 7.84. The Bertz CT molecular complexity index is 502. The monoisotopic (exact) mass is 305 g/mol. The normalized spacial score (nSPS) is 23.4. The number of carbonyl (C=O) groups excluding carboxylic acids is 1. The quantitative estimate of drug-likeness (QED) is 0.865. The van der Waals surface area contributed by atoms with Crippen molar-refractivity contribution in [1.82, 2.24) is 9.80 Å². The van der Waals surface area contributed by atoms with Crippen molar-refractivity contribution in [2.24, 2.45) is 0 Å². The highest BCUT2D eigenvalue weighted by atomic mass is 32.2. The van der Waals surface area contributed by atoms with Crippen LogP contribution >= 0.6 is 11.8 Å². The highest BCUT2D eigenvalue weighted by Crippen LogP contribution is 2.23. The van der Waals surface area contributed by atoms with E-state index in [4.69, 9.17) is 5.73 Å². The van der Waals surface area contributed by atoms with E-state index in [0.29, 0.717) is 5.91 Å². The van der Waals surface area contributed by atoms with Crippen LogP contribution in [0.1, 0.15) is 18.4 Å². The molecule has 21 heavy (non-hydrogen) atoms. The molecule has 1 unspecified atom stereocenters. The van der Waals surface area contributed by atoms with Gasteiger partial charge >= 0.3 is 0 Å². The summed E-state index contributed by atoms with van der Waals surface area (Å²) in [5.74, 6) is 2.48. The maximum Gasteiger partial charge on any atom is 0.239 e. The van der Waals surface area contributed by atoms with Gasteiger partial charge in [0.25, 0.3) is 0 Å². The molecule has 0 spiro atoms. The molecule has 0 saturated carbocycles. The Hall–Kier alpha value is -1.20. The van der Waals surface area contributed by atoms with E-state index < -0.39 is 0 Å². The lowest BCUT2D eigenvalue weighted by molar-refractivity contribution is -0.135. The van der Waals surface area contributed by atoms with Crippen molar-refractivity contribution in [3.05, 3.63) is 29.8 Å². The van der Waals surface area contributed by atoms with Gasteiger partial charge in [-0.2, -0.15) is 11.8 Å². The summed E-state index contributed by atoms with van der Waals surface area (Å²) in [6, 6.07) is 8.06.